The standard InChI is InChI=1S/C16H23NO4S/c18-22(19,14-5-2-1-3-6-14)12-9-17-8-11-21-16(13-17)15-7-4-10-20-15/h1-3,5-6,15-16H,4,7-13H2/t15-,16-/m0/s1. The molecule has 0 amide bonds. The van der Waals surface area contributed by atoms with E-state index in [1.807, 2.05) is 6.07 Å². The molecule has 1 aromatic carbocycles. The molecule has 2 aliphatic rings. The van der Waals surface area contributed by atoms with Crippen molar-refractivity contribution in [2.45, 2.75) is 29.9 Å². The summed E-state index contributed by atoms with van der Waals surface area (Å²) < 4.78 is 36.1. The molecule has 0 N–H and O–H groups in total. The molecule has 3 rings (SSSR count). The van der Waals surface area contributed by atoms with Gasteiger partial charge in [0.05, 0.1) is 29.5 Å². The molecule has 2 heterocycles. The van der Waals surface area contributed by atoms with Gasteiger partial charge in [-0.15, -0.1) is 0 Å². The molecule has 0 saturated carbocycles. The first kappa shape index (κ1) is 15.9. The van der Waals surface area contributed by atoms with Crippen molar-refractivity contribution < 1.29 is 17.9 Å². The van der Waals surface area contributed by atoms with E-state index in [0.717, 1.165) is 32.5 Å². The lowest BCUT2D eigenvalue weighted by Gasteiger charge is -2.35. The number of ether oxygens (including phenoxy) is 2. The van der Waals surface area contributed by atoms with Gasteiger partial charge in [0.2, 0.25) is 0 Å². The van der Waals surface area contributed by atoms with Gasteiger partial charge in [-0.25, -0.2) is 8.42 Å². The topological polar surface area (TPSA) is 55.8 Å². The van der Waals surface area contributed by atoms with E-state index in [1.165, 1.54) is 0 Å². The maximum Gasteiger partial charge on any atom is 0.179 e. The van der Waals surface area contributed by atoms with Gasteiger partial charge in [-0.2, -0.15) is 0 Å². The van der Waals surface area contributed by atoms with Gasteiger partial charge in [0.25, 0.3) is 0 Å². The molecule has 0 radical (unpaired) electrons. The number of morpholine rings is 1. The number of benzene rings is 1. The predicted octanol–water partition coefficient (Wildman–Crippen LogP) is 1.34. The zero-order valence-electron chi connectivity index (χ0n) is 12.7. The average molecular weight is 325 g/mol. The van der Waals surface area contributed by atoms with Gasteiger partial charge in [0.1, 0.15) is 0 Å². The summed E-state index contributed by atoms with van der Waals surface area (Å²) in [6, 6.07) is 8.66. The lowest BCUT2D eigenvalue weighted by atomic mass is 10.1. The molecule has 0 unspecified atom stereocenters. The van der Waals surface area contributed by atoms with Crippen molar-refractivity contribution in [2.75, 3.05) is 38.6 Å². The van der Waals surface area contributed by atoms with Crippen LogP contribution in [0.2, 0.25) is 0 Å². The normalized spacial score (nSPS) is 27.1. The Morgan fingerprint density at radius 1 is 1.09 bits per heavy atom. The maximum atomic E-state index is 12.3. The van der Waals surface area contributed by atoms with Gasteiger partial charge in [-0.05, 0) is 25.0 Å². The molecule has 2 fully saturated rings. The Morgan fingerprint density at radius 2 is 1.86 bits per heavy atom. The van der Waals surface area contributed by atoms with Crippen LogP contribution < -0.4 is 0 Å². The number of sulfone groups is 1. The van der Waals surface area contributed by atoms with Crippen LogP contribution in [0.5, 0.6) is 0 Å². The van der Waals surface area contributed by atoms with Crippen molar-refractivity contribution in [2.24, 2.45) is 0 Å². The zero-order chi connectivity index (χ0) is 15.4. The van der Waals surface area contributed by atoms with Crippen molar-refractivity contribution >= 4 is 9.84 Å². The van der Waals surface area contributed by atoms with E-state index < -0.39 is 9.84 Å². The van der Waals surface area contributed by atoms with E-state index in [0.29, 0.717) is 18.0 Å². The van der Waals surface area contributed by atoms with Gasteiger partial charge >= 0.3 is 0 Å². The van der Waals surface area contributed by atoms with Gasteiger partial charge in [0, 0.05) is 26.2 Å². The fourth-order valence-electron chi connectivity index (χ4n) is 3.05. The molecule has 2 aliphatic heterocycles. The third-order valence-corrected chi connectivity index (χ3v) is 6.05. The molecule has 6 heteroatoms. The minimum absolute atomic E-state index is 0.0793. The van der Waals surface area contributed by atoms with Crippen LogP contribution in [0.1, 0.15) is 12.8 Å². The van der Waals surface area contributed by atoms with Crippen LogP contribution in [0, 0.1) is 0 Å². The van der Waals surface area contributed by atoms with Crippen molar-refractivity contribution in [1.82, 2.24) is 4.90 Å². The number of rotatable bonds is 5. The molecular formula is C16H23NO4S. The first-order valence-electron chi connectivity index (χ1n) is 7.88. The quantitative estimate of drug-likeness (QED) is 0.818. The molecule has 0 spiro atoms. The average Bonchev–Trinajstić information content (AvgIpc) is 3.09. The summed E-state index contributed by atoms with van der Waals surface area (Å²) in [5, 5.41) is 0. The fraction of sp³-hybridized carbons (Fsp3) is 0.625. The molecule has 0 bridgehead atoms. The Balaban J connectivity index is 1.54. The Bertz CT molecular complexity index is 569. The van der Waals surface area contributed by atoms with E-state index in [9.17, 15) is 8.42 Å². The summed E-state index contributed by atoms with van der Waals surface area (Å²) in [6.07, 6.45) is 2.39. The van der Waals surface area contributed by atoms with Gasteiger partial charge in [-0.1, -0.05) is 18.2 Å². The largest absolute Gasteiger partial charge is 0.375 e. The van der Waals surface area contributed by atoms with Gasteiger partial charge < -0.3 is 9.47 Å². The summed E-state index contributed by atoms with van der Waals surface area (Å²) in [5.41, 5.74) is 0. The van der Waals surface area contributed by atoms with Crippen LogP contribution in [-0.4, -0.2) is 64.1 Å². The minimum Gasteiger partial charge on any atom is -0.375 e. The highest BCUT2D eigenvalue weighted by molar-refractivity contribution is 7.91. The number of nitrogens with zero attached hydrogens (tertiary/aromatic N) is 1. The second-order valence-corrected chi connectivity index (χ2v) is 8.00. The summed E-state index contributed by atoms with van der Waals surface area (Å²) in [5.74, 6) is 0.148. The highest BCUT2D eigenvalue weighted by Crippen LogP contribution is 2.21. The van der Waals surface area contributed by atoms with Crippen LogP contribution in [0.15, 0.2) is 35.2 Å². The van der Waals surface area contributed by atoms with E-state index >= 15 is 0 Å². The predicted molar refractivity (Wildman–Crippen MR) is 83.6 cm³/mol. The molecule has 2 saturated heterocycles. The second-order valence-electron chi connectivity index (χ2n) is 5.89. The second kappa shape index (κ2) is 7.08. The minimum atomic E-state index is -3.21. The Hall–Kier alpha value is -0.950. The molecule has 0 aromatic heterocycles. The van der Waals surface area contributed by atoms with Crippen LogP contribution >= 0.6 is 0 Å². The Labute approximate surface area is 132 Å². The Kier molecular flexibility index (Phi) is 5.13. The van der Waals surface area contributed by atoms with Crippen LogP contribution in [0.4, 0.5) is 0 Å². The summed E-state index contributed by atoms with van der Waals surface area (Å²) in [4.78, 5) is 2.58. The summed E-state index contributed by atoms with van der Waals surface area (Å²) in [7, 11) is -3.21. The van der Waals surface area contributed by atoms with Crippen molar-refractivity contribution in [1.29, 1.82) is 0 Å². The zero-order valence-corrected chi connectivity index (χ0v) is 13.5. The smallest absolute Gasteiger partial charge is 0.179 e. The molecule has 2 atom stereocenters. The van der Waals surface area contributed by atoms with Gasteiger partial charge in [-0.3, -0.25) is 4.90 Å². The van der Waals surface area contributed by atoms with E-state index in [4.69, 9.17) is 9.47 Å². The molecule has 5 nitrogen and oxygen atoms in total. The van der Waals surface area contributed by atoms with Crippen molar-refractivity contribution in [3.8, 4) is 0 Å². The maximum absolute atomic E-state index is 12.3. The third kappa shape index (κ3) is 3.87. The lowest BCUT2D eigenvalue weighted by molar-refractivity contribution is -0.0930. The monoisotopic (exact) mass is 325 g/mol. The first-order valence-corrected chi connectivity index (χ1v) is 9.54. The highest BCUT2D eigenvalue weighted by atomic mass is 32.2. The van der Waals surface area contributed by atoms with Crippen molar-refractivity contribution in [3.05, 3.63) is 30.3 Å². The molecule has 0 aliphatic carbocycles. The van der Waals surface area contributed by atoms with Crippen LogP contribution in [-0.2, 0) is 19.3 Å². The van der Waals surface area contributed by atoms with Crippen LogP contribution in [0.3, 0.4) is 0 Å². The molecule has 22 heavy (non-hydrogen) atoms. The number of hydrogen-bond donors (Lipinski definition) is 0. The first-order chi connectivity index (χ1) is 10.6. The molecule has 122 valence electrons. The fourth-order valence-corrected chi connectivity index (χ4v) is 4.36. The third-order valence-electron chi connectivity index (χ3n) is 4.34. The van der Waals surface area contributed by atoms with E-state index in [1.54, 1.807) is 24.3 Å². The summed E-state index contributed by atoms with van der Waals surface area (Å²) in [6.45, 7) is 3.55. The highest BCUT2D eigenvalue weighted by Gasteiger charge is 2.31. The van der Waals surface area contributed by atoms with Gasteiger partial charge in [0.15, 0.2) is 9.84 Å². The number of hydrogen-bond acceptors (Lipinski definition) is 5. The van der Waals surface area contributed by atoms with E-state index in [2.05, 4.69) is 4.90 Å². The van der Waals surface area contributed by atoms with Crippen molar-refractivity contribution in [3.63, 3.8) is 0 Å². The summed E-state index contributed by atoms with van der Waals surface area (Å²) >= 11 is 0. The van der Waals surface area contributed by atoms with E-state index in [-0.39, 0.29) is 18.0 Å². The molecular weight excluding hydrogens is 302 g/mol. The lowest BCUT2D eigenvalue weighted by Crippen LogP contribution is -2.48. The molecule has 1 aromatic rings. The SMILES string of the molecule is O=S(=O)(CCN1CCO[C@H]([C@@H]2CCCO2)C1)c1ccccc1. The Morgan fingerprint density at radius 3 is 2.59 bits per heavy atom. The van der Waals surface area contributed by atoms with Crippen LogP contribution in [0.25, 0.3) is 0 Å².